The molecular weight excluding hydrogens is 462 g/mol. The van der Waals surface area contributed by atoms with Crippen molar-refractivity contribution in [3.63, 3.8) is 0 Å². The quantitative estimate of drug-likeness (QED) is 0.499. The molecule has 0 bridgehead atoms. The zero-order chi connectivity index (χ0) is 24.4. The average Bonchev–Trinajstić information content (AvgIpc) is 3.25. The molecule has 1 fully saturated rings. The molecule has 0 spiro atoms. The predicted molar refractivity (Wildman–Crippen MR) is 137 cm³/mol. The number of carbonyl (C=O) groups excluding carboxylic acids is 2. The molecule has 1 saturated heterocycles. The minimum Gasteiger partial charge on any atom is -0.497 e. The Morgan fingerprint density at radius 3 is 2.54 bits per heavy atom. The molecule has 0 aliphatic carbocycles. The van der Waals surface area contributed by atoms with Crippen LogP contribution in [0.2, 0.25) is 5.02 Å². The summed E-state index contributed by atoms with van der Waals surface area (Å²) in [6, 6.07) is 21.3. The van der Waals surface area contributed by atoms with Crippen molar-refractivity contribution in [2.45, 2.75) is 31.1 Å². The molecule has 2 heterocycles. The second kappa shape index (κ2) is 9.62. The van der Waals surface area contributed by atoms with Crippen molar-refractivity contribution in [3.05, 3.63) is 88.4 Å². The van der Waals surface area contributed by atoms with Crippen LogP contribution in [-0.4, -0.2) is 37.0 Å². The number of methoxy groups -OCH3 is 1. The van der Waals surface area contributed by atoms with Crippen molar-refractivity contribution in [2.75, 3.05) is 25.5 Å². The normalized spacial score (nSPS) is 16.3. The molecule has 2 aliphatic rings. The van der Waals surface area contributed by atoms with E-state index in [4.69, 9.17) is 16.3 Å². The maximum atomic E-state index is 13.0. The fraction of sp³-hybridized carbons (Fsp3) is 0.286. The lowest BCUT2D eigenvalue weighted by molar-refractivity contribution is -0.132. The highest BCUT2D eigenvalue weighted by molar-refractivity contribution is 6.30. The topological polar surface area (TPSA) is 72.7 Å². The largest absolute Gasteiger partial charge is 0.497 e. The first-order chi connectivity index (χ1) is 16.9. The Kier molecular flexibility index (Phi) is 6.39. The van der Waals surface area contributed by atoms with Crippen molar-refractivity contribution in [3.8, 4) is 5.75 Å². The first-order valence-electron chi connectivity index (χ1n) is 11.8. The molecule has 5 rings (SSSR count). The molecule has 6 nitrogen and oxygen atoms in total. The van der Waals surface area contributed by atoms with Crippen molar-refractivity contribution in [1.82, 2.24) is 10.2 Å². The van der Waals surface area contributed by atoms with E-state index in [0.29, 0.717) is 30.2 Å². The van der Waals surface area contributed by atoms with Crippen LogP contribution >= 0.6 is 11.6 Å². The van der Waals surface area contributed by atoms with Crippen LogP contribution in [0, 0.1) is 0 Å². The number of nitrogens with zero attached hydrogens (tertiary/aromatic N) is 2. The van der Waals surface area contributed by atoms with E-state index in [0.717, 1.165) is 41.8 Å². The van der Waals surface area contributed by atoms with E-state index in [2.05, 4.69) is 28.8 Å². The molecule has 0 atom stereocenters. The van der Waals surface area contributed by atoms with Crippen molar-refractivity contribution >= 4 is 34.9 Å². The molecule has 0 unspecified atom stereocenters. The van der Waals surface area contributed by atoms with E-state index in [9.17, 15) is 9.59 Å². The monoisotopic (exact) mass is 488 g/mol. The van der Waals surface area contributed by atoms with Crippen LogP contribution in [0.4, 0.5) is 16.2 Å². The summed E-state index contributed by atoms with van der Waals surface area (Å²) in [6.45, 7) is 1.36. The Bertz CT molecular complexity index is 1250. The molecular formula is C28H27ClN3O3. The number of benzene rings is 3. The number of hydrogen-bond acceptors (Lipinski definition) is 3. The molecule has 3 aromatic rings. The van der Waals surface area contributed by atoms with Crippen LogP contribution in [0.5, 0.6) is 5.75 Å². The van der Waals surface area contributed by atoms with Gasteiger partial charge in [-0.25, -0.2) is 4.79 Å². The van der Waals surface area contributed by atoms with Crippen LogP contribution in [0.1, 0.15) is 29.5 Å². The van der Waals surface area contributed by atoms with Crippen molar-refractivity contribution < 1.29 is 14.3 Å². The maximum absolute atomic E-state index is 13.0. The van der Waals surface area contributed by atoms with E-state index in [1.165, 1.54) is 5.56 Å². The fourth-order valence-corrected chi connectivity index (χ4v) is 5.25. The number of halogens is 1. The number of carbonyl (C=O) groups is 2. The number of rotatable bonds is 6. The standard InChI is InChI=1S/C28H27ClN3O3/c1-35-23-4-2-3-21(17-23)28(18-20-7-10-24-25(15-20)31-27(34)30-24)11-13-32(14-12-28)26(33)16-19-5-8-22(29)9-6-19/h2-10,15,17H,11-14,16,18H2,1H3,(H,30,34). The van der Waals surface area contributed by atoms with Gasteiger partial charge in [0, 0.05) is 23.5 Å². The van der Waals surface area contributed by atoms with E-state index in [1.807, 2.05) is 53.4 Å². The number of urea groups is 1. The summed E-state index contributed by atoms with van der Waals surface area (Å²) in [7, 11) is 1.68. The van der Waals surface area contributed by atoms with E-state index in [1.54, 1.807) is 7.11 Å². The molecule has 7 heteroatoms. The van der Waals surface area contributed by atoms with E-state index >= 15 is 0 Å². The highest BCUT2D eigenvalue weighted by atomic mass is 35.5. The number of ether oxygens (including phenoxy) is 1. The summed E-state index contributed by atoms with van der Waals surface area (Å²) in [5.74, 6) is 0.953. The summed E-state index contributed by atoms with van der Waals surface area (Å²) in [6.07, 6.45) is 2.82. The van der Waals surface area contributed by atoms with Gasteiger partial charge in [0.25, 0.3) is 0 Å². The summed E-state index contributed by atoms with van der Waals surface area (Å²) >= 11 is 5.98. The SMILES string of the molecule is COc1cccc(C2(Cc3ccc4c(c3)[N]C(=O)N4)CCN(C(=O)Cc3ccc(Cl)cc3)CC2)c1. The van der Waals surface area contributed by atoms with E-state index < -0.39 is 0 Å². The van der Waals surface area contributed by atoms with Crippen LogP contribution in [0.15, 0.2) is 66.7 Å². The van der Waals surface area contributed by atoms with Crippen molar-refractivity contribution in [2.24, 2.45) is 0 Å². The number of fused-ring (bicyclic) bond motifs is 1. The lowest BCUT2D eigenvalue weighted by Crippen LogP contribution is -2.46. The van der Waals surface area contributed by atoms with Gasteiger partial charge in [0.15, 0.2) is 0 Å². The number of hydrogen-bond donors (Lipinski definition) is 1. The number of piperidine rings is 1. The molecule has 2 aliphatic heterocycles. The van der Waals surface area contributed by atoms with Gasteiger partial charge in [-0.1, -0.05) is 41.9 Å². The molecule has 35 heavy (non-hydrogen) atoms. The molecule has 179 valence electrons. The third kappa shape index (κ3) is 4.98. The first-order valence-corrected chi connectivity index (χ1v) is 12.1. The molecule has 1 radical (unpaired) electrons. The lowest BCUT2D eigenvalue weighted by atomic mass is 9.69. The van der Waals surface area contributed by atoms with E-state index in [-0.39, 0.29) is 17.4 Å². The number of amides is 3. The van der Waals surface area contributed by atoms with Crippen LogP contribution in [0.3, 0.4) is 0 Å². The average molecular weight is 489 g/mol. The van der Waals surface area contributed by atoms with Gasteiger partial charge < -0.3 is 15.0 Å². The Morgan fingerprint density at radius 2 is 1.80 bits per heavy atom. The number of anilines is 1. The van der Waals surface area contributed by atoms with Crippen LogP contribution in [0.25, 0.3) is 0 Å². The van der Waals surface area contributed by atoms with Gasteiger partial charge in [0.1, 0.15) is 5.75 Å². The Labute approximate surface area is 210 Å². The first kappa shape index (κ1) is 23.2. The molecule has 3 amide bonds. The Balaban J connectivity index is 1.37. The van der Waals surface area contributed by atoms with Gasteiger partial charge in [0.05, 0.1) is 24.9 Å². The highest BCUT2D eigenvalue weighted by Crippen LogP contribution is 2.41. The van der Waals surface area contributed by atoms with Gasteiger partial charge in [-0.3, -0.25) is 4.79 Å². The van der Waals surface area contributed by atoms with Gasteiger partial charge in [-0.2, -0.15) is 5.32 Å². The van der Waals surface area contributed by atoms with Crippen LogP contribution < -0.4 is 15.4 Å². The molecule has 3 aromatic carbocycles. The smallest absolute Gasteiger partial charge is 0.346 e. The predicted octanol–water partition coefficient (Wildman–Crippen LogP) is 5.48. The summed E-state index contributed by atoms with van der Waals surface area (Å²) in [5, 5.41) is 7.50. The van der Waals surface area contributed by atoms with Gasteiger partial charge in [-0.15, -0.1) is 0 Å². The Morgan fingerprint density at radius 1 is 1.06 bits per heavy atom. The lowest BCUT2D eigenvalue weighted by Gasteiger charge is -2.43. The molecule has 0 aromatic heterocycles. The summed E-state index contributed by atoms with van der Waals surface area (Å²) < 4.78 is 5.51. The minimum atomic E-state index is -0.327. The fourth-order valence-electron chi connectivity index (χ4n) is 5.12. The number of nitrogens with one attached hydrogen (secondary N) is 1. The zero-order valence-corrected chi connectivity index (χ0v) is 20.3. The summed E-state index contributed by atoms with van der Waals surface area (Å²) in [5.41, 5.74) is 4.56. The van der Waals surface area contributed by atoms with Gasteiger partial charge in [0.2, 0.25) is 5.91 Å². The van der Waals surface area contributed by atoms with Crippen LogP contribution in [-0.2, 0) is 23.1 Å². The van der Waals surface area contributed by atoms with Crippen molar-refractivity contribution in [1.29, 1.82) is 0 Å². The Hall–Kier alpha value is -3.51. The third-order valence-electron chi connectivity index (χ3n) is 7.09. The van der Waals surface area contributed by atoms with Gasteiger partial charge in [-0.05, 0) is 72.4 Å². The number of likely N-dealkylation sites (tertiary alicyclic amines) is 1. The maximum Gasteiger partial charge on any atom is 0.346 e. The third-order valence-corrected chi connectivity index (χ3v) is 7.34. The summed E-state index contributed by atoms with van der Waals surface area (Å²) in [4.78, 5) is 26.7. The second-order valence-corrected chi connectivity index (χ2v) is 9.70. The highest BCUT2D eigenvalue weighted by Gasteiger charge is 2.38. The molecule has 1 N–H and O–H groups in total. The zero-order valence-electron chi connectivity index (χ0n) is 19.6. The molecule has 0 saturated carbocycles. The van der Waals surface area contributed by atoms with Gasteiger partial charge >= 0.3 is 6.03 Å². The second-order valence-electron chi connectivity index (χ2n) is 9.27. The minimum absolute atomic E-state index is 0.132.